The fourth-order valence-corrected chi connectivity index (χ4v) is 8.02. The standard InChI is InChI=1S/C17H31N.C14H25N/c1-13-11-12-17(16-10-6-5-9-15(13)16)18-14-7-3-2-4-8-14;15-14-10-8-13(9-11-14)7-6-12-4-2-1-3-5-12/h13-18H,2-12H2,1H3;6-7,12-14H,1-5,8-11,15H2/b;7-6+. The van der Waals surface area contributed by atoms with Crippen molar-refractivity contribution in [3.63, 3.8) is 0 Å². The highest BCUT2D eigenvalue weighted by Gasteiger charge is 2.39. The van der Waals surface area contributed by atoms with Gasteiger partial charge in [-0.3, -0.25) is 0 Å². The van der Waals surface area contributed by atoms with Crippen LogP contribution in [0.15, 0.2) is 12.2 Å². The zero-order chi connectivity index (χ0) is 22.9. The third-order valence-electron chi connectivity index (χ3n) is 10.2. The van der Waals surface area contributed by atoms with Gasteiger partial charge in [-0.25, -0.2) is 0 Å². The van der Waals surface area contributed by atoms with Gasteiger partial charge in [0.2, 0.25) is 0 Å². The molecule has 33 heavy (non-hydrogen) atoms. The first-order valence-electron chi connectivity index (χ1n) is 15.4. The molecule has 0 aromatic heterocycles. The van der Waals surface area contributed by atoms with E-state index in [0.29, 0.717) is 6.04 Å². The van der Waals surface area contributed by atoms with Gasteiger partial charge in [-0.2, -0.15) is 0 Å². The summed E-state index contributed by atoms with van der Waals surface area (Å²) in [6.07, 6.45) is 33.6. The number of rotatable bonds is 4. The van der Waals surface area contributed by atoms with Gasteiger partial charge in [-0.1, -0.05) is 70.4 Å². The van der Waals surface area contributed by atoms with Crippen molar-refractivity contribution in [1.29, 1.82) is 0 Å². The Balaban J connectivity index is 0.000000160. The maximum absolute atomic E-state index is 5.91. The van der Waals surface area contributed by atoms with E-state index in [4.69, 9.17) is 5.73 Å². The predicted octanol–water partition coefficient (Wildman–Crippen LogP) is 8.15. The van der Waals surface area contributed by atoms with Crippen LogP contribution in [0, 0.1) is 29.6 Å². The van der Waals surface area contributed by atoms with Gasteiger partial charge in [-0.05, 0) is 107 Å². The van der Waals surface area contributed by atoms with Crippen LogP contribution in [0.25, 0.3) is 0 Å². The first-order chi connectivity index (χ1) is 16.2. The van der Waals surface area contributed by atoms with Crippen LogP contribution in [0.2, 0.25) is 0 Å². The Labute approximate surface area is 206 Å². The minimum atomic E-state index is 0.490. The Hall–Kier alpha value is -0.340. The molecule has 4 atom stereocenters. The Morgan fingerprint density at radius 1 is 0.545 bits per heavy atom. The van der Waals surface area contributed by atoms with Crippen molar-refractivity contribution >= 4 is 0 Å². The smallest absolute Gasteiger partial charge is 0.0101 e. The van der Waals surface area contributed by atoms with Crippen LogP contribution in [0.1, 0.15) is 135 Å². The first-order valence-corrected chi connectivity index (χ1v) is 15.4. The molecule has 5 fully saturated rings. The summed E-state index contributed by atoms with van der Waals surface area (Å²) >= 11 is 0. The van der Waals surface area contributed by atoms with Crippen molar-refractivity contribution in [1.82, 2.24) is 5.32 Å². The molecule has 2 nitrogen and oxygen atoms in total. The van der Waals surface area contributed by atoms with Gasteiger partial charge in [0.15, 0.2) is 0 Å². The van der Waals surface area contributed by atoms with Gasteiger partial charge in [0.25, 0.3) is 0 Å². The Bertz CT molecular complexity index is 551. The summed E-state index contributed by atoms with van der Waals surface area (Å²) in [4.78, 5) is 0. The number of fused-ring (bicyclic) bond motifs is 1. The average Bonchev–Trinajstić information content (AvgIpc) is 2.87. The normalized spacial score (nSPS) is 39.0. The molecule has 0 aliphatic heterocycles. The van der Waals surface area contributed by atoms with Crippen LogP contribution in [0.4, 0.5) is 0 Å². The van der Waals surface area contributed by atoms with Gasteiger partial charge in [0, 0.05) is 18.1 Å². The van der Waals surface area contributed by atoms with Crippen LogP contribution in [0.5, 0.6) is 0 Å². The van der Waals surface area contributed by atoms with Crippen LogP contribution in [0.3, 0.4) is 0 Å². The van der Waals surface area contributed by atoms with Crippen molar-refractivity contribution in [2.75, 3.05) is 0 Å². The summed E-state index contributed by atoms with van der Waals surface area (Å²) < 4.78 is 0. The van der Waals surface area contributed by atoms with Crippen molar-refractivity contribution in [3.05, 3.63) is 12.2 Å². The van der Waals surface area contributed by atoms with Gasteiger partial charge in [0.05, 0.1) is 0 Å². The molecule has 0 aromatic rings. The summed E-state index contributed by atoms with van der Waals surface area (Å²) in [7, 11) is 0. The van der Waals surface area contributed by atoms with Crippen LogP contribution in [-0.4, -0.2) is 18.1 Å². The molecule has 5 rings (SSSR count). The fourth-order valence-electron chi connectivity index (χ4n) is 8.02. The van der Waals surface area contributed by atoms with E-state index in [2.05, 4.69) is 24.4 Å². The number of allylic oxidation sites excluding steroid dienone is 2. The van der Waals surface area contributed by atoms with Gasteiger partial charge >= 0.3 is 0 Å². The molecule has 0 radical (unpaired) electrons. The molecule has 4 unspecified atom stereocenters. The lowest BCUT2D eigenvalue weighted by atomic mass is 9.64. The third kappa shape index (κ3) is 8.09. The van der Waals surface area contributed by atoms with Crippen molar-refractivity contribution in [3.8, 4) is 0 Å². The van der Waals surface area contributed by atoms with Gasteiger partial charge < -0.3 is 11.1 Å². The molecule has 5 aliphatic carbocycles. The minimum absolute atomic E-state index is 0.490. The summed E-state index contributed by atoms with van der Waals surface area (Å²) in [5.41, 5.74) is 5.91. The molecule has 3 N–H and O–H groups in total. The molecule has 190 valence electrons. The number of hydrogen-bond acceptors (Lipinski definition) is 2. The Morgan fingerprint density at radius 3 is 1.76 bits per heavy atom. The van der Waals surface area contributed by atoms with E-state index in [9.17, 15) is 0 Å². The third-order valence-corrected chi connectivity index (χ3v) is 10.2. The molecule has 0 aromatic carbocycles. The minimum Gasteiger partial charge on any atom is -0.328 e. The van der Waals surface area contributed by atoms with E-state index in [0.717, 1.165) is 41.7 Å². The molecule has 5 saturated carbocycles. The Kier molecular flexibility index (Phi) is 10.7. The maximum Gasteiger partial charge on any atom is 0.0101 e. The topological polar surface area (TPSA) is 38.0 Å². The van der Waals surface area contributed by atoms with Gasteiger partial charge in [-0.15, -0.1) is 0 Å². The highest BCUT2D eigenvalue weighted by molar-refractivity contribution is 4.96. The molecular formula is C31H56N2. The van der Waals surface area contributed by atoms with E-state index < -0.39 is 0 Å². The molecule has 0 bridgehead atoms. The molecule has 0 saturated heterocycles. The Morgan fingerprint density at radius 2 is 1.09 bits per heavy atom. The largest absolute Gasteiger partial charge is 0.328 e. The van der Waals surface area contributed by atoms with Crippen molar-refractivity contribution in [2.45, 2.75) is 153 Å². The second-order valence-electron chi connectivity index (χ2n) is 12.7. The molecular weight excluding hydrogens is 400 g/mol. The van der Waals surface area contributed by atoms with Crippen molar-refractivity contribution < 1.29 is 0 Å². The first kappa shape index (κ1) is 25.7. The summed E-state index contributed by atoms with van der Waals surface area (Å²) in [6.45, 7) is 2.51. The van der Waals surface area contributed by atoms with Crippen molar-refractivity contribution in [2.24, 2.45) is 35.3 Å². The summed E-state index contributed by atoms with van der Waals surface area (Å²) in [5, 5.41) is 4.08. The van der Waals surface area contributed by atoms with E-state index in [1.807, 2.05) is 0 Å². The predicted molar refractivity (Wildman–Crippen MR) is 143 cm³/mol. The van der Waals surface area contributed by atoms with E-state index in [1.165, 1.54) is 128 Å². The van der Waals surface area contributed by atoms with Crippen LogP contribution >= 0.6 is 0 Å². The molecule has 0 spiro atoms. The molecule has 0 amide bonds. The van der Waals surface area contributed by atoms with Gasteiger partial charge in [0.1, 0.15) is 0 Å². The van der Waals surface area contributed by atoms with Crippen LogP contribution < -0.4 is 11.1 Å². The van der Waals surface area contributed by atoms with Crippen LogP contribution in [-0.2, 0) is 0 Å². The van der Waals surface area contributed by atoms with E-state index in [-0.39, 0.29) is 0 Å². The average molecular weight is 457 g/mol. The quantitative estimate of drug-likeness (QED) is 0.419. The number of nitrogens with one attached hydrogen (secondary N) is 1. The molecule has 0 heterocycles. The number of hydrogen-bond donors (Lipinski definition) is 2. The highest BCUT2D eigenvalue weighted by atomic mass is 15.0. The lowest BCUT2D eigenvalue weighted by Crippen LogP contribution is -2.50. The summed E-state index contributed by atoms with van der Waals surface area (Å²) in [5.74, 6) is 4.80. The lowest BCUT2D eigenvalue weighted by Gasteiger charge is -2.46. The second kappa shape index (κ2) is 13.7. The molecule has 2 heteroatoms. The SMILES string of the molecule is CC1CCC(NC2CCCCC2)C2CCCCC12.NC1CCC(/C=C/C2CCCCC2)CC1. The number of nitrogens with two attached hydrogens (primary N) is 1. The lowest BCUT2D eigenvalue weighted by molar-refractivity contribution is 0.0703. The second-order valence-corrected chi connectivity index (χ2v) is 12.7. The monoisotopic (exact) mass is 456 g/mol. The maximum atomic E-state index is 5.91. The highest BCUT2D eigenvalue weighted by Crippen LogP contribution is 2.44. The van der Waals surface area contributed by atoms with E-state index in [1.54, 1.807) is 0 Å². The fraction of sp³-hybridized carbons (Fsp3) is 0.935. The van der Waals surface area contributed by atoms with E-state index >= 15 is 0 Å². The summed E-state index contributed by atoms with van der Waals surface area (Å²) in [6, 6.07) is 2.22. The molecule has 5 aliphatic rings. The zero-order valence-corrected chi connectivity index (χ0v) is 22.0. The zero-order valence-electron chi connectivity index (χ0n) is 22.0.